The Balaban J connectivity index is 1.85. The lowest BCUT2D eigenvalue weighted by molar-refractivity contribution is -0.117. The summed E-state index contributed by atoms with van der Waals surface area (Å²) in [6.07, 6.45) is 0.822. The van der Waals surface area contributed by atoms with Gasteiger partial charge in [-0.3, -0.25) is 14.6 Å². The van der Waals surface area contributed by atoms with Gasteiger partial charge in [-0.1, -0.05) is 18.2 Å². The van der Waals surface area contributed by atoms with Gasteiger partial charge < -0.3 is 31.2 Å². The first-order valence-electron chi connectivity index (χ1n) is 9.86. The quantitative estimate of drug-likeness (QED) is 0.245. The first-order valence-corrected chi connectivity index (χ1v) is 9.86. The highest BCUT2D eigenvalue weighted by Crippen LogP contribution is 2.17. The topological polar surface area (TPSA) is 127 Å². The molecule has 31 heavy (non-hydrogen) atoms. The number of hydrogen-bond acceptors (Lipinski definition) is 5. The van der Waals surface area contributed by atoms with Crippen molar-refractivity contribution >= 4 is 23.5 Å². The van der Waals surface area contributed by atoms with E-state index in [0.29, 0.717) is 31.3 Å². The monoisotopic (exact) mass is 427 g/mol. The fourth-order valence-electron chi connectivity index (χ4n) is 2.60. The largest absolute Gasteiger partial charge is 0.493 e. The second-order valence-electron chi connectivity index (χ2n) is 6.62. The summed E-state index contributed by atoms with van der Waals surface area (Å²) in [6, 6.07) is 14.7. The molecular formula is C22H29N5O4. The highest BCUT2D eigenvalue weighted by Gasteiger charge is 2.07. The average Bonchev–Trinajstić information content (AvgIpc) is 2.78. The molecule has 2 aromatic rings. The summed E-state index contributed by atoms with van der Waals surface area (Å²) in [4.78, 5) is 26.9. The maximum absolute atomic E-state index is 11.9. The van der Waals surface area contributed by atoms with Crippen molar-refractivity contribution in [3.05, 3.63) is 59.7 Å². The van der Waals surface area contributed by atoms with Crippen LogP contribution in [0, 0.1) is 0 Å². The van der Waals surface area contributed by atoms with E-state index < -0.39 is 5.91 Å². The maximum Gasteiger partial charge on any atom is 0.251 e. The van der Waals surface area contributed by atoms with Crippen molar-refractivity contribution in [1.82, 2.24) is 10.6 Å². The number of primary amides is 1. The third kappa shape index (κ3) is 8.75. The molecule has 2 aromatic carbocycles. The zero-order valence-electron chi connectivity index (χ0n) is 17.8. The number of nitrogens with one attached hydrogen (secondary N) is 3. The van der Waals surface area contributed by atoms with E-state index in [1.165, 1.54) is 0 Å². The molecule has 9 heteroatoms. The van der Waals surface area contributed by atoms with Crippen molar-refractivity contribution in [3.8, 4) is 5.75 Å². The van der Waals surface area contributed by atoms with Gasteiger partial charge in [-0.25, -0.2) is 0 Å². The van der Waals surface area contributed by atoms with Crippen molar-refractivity contribution < 1.29 is 19.1 Å². The summed E-state index contributed by atoms with van der Waals surface area (Å²) in [6.45, 7) is 1.56. The van der Waals surface area contributed by atoms with Crippen molar-refractivity contribution in [2.75, 3.05) is 39.2 Å². The van der Waals surface area contributed by atoms with Crippen molar-refractivity contribution in [1.29, 1.82) is 0 Å². The van der Waals surface area contributed by atoms with Crippen LogP contribution in [0.2, 0.25) is 0 Å². The molecule has 0 aromatic heterocycles. The molecule has 166 valence electrons. The maximum atomic E-state index is 11.9. The Morgan fingerprint density at radius 2 is 1.84 bits per heavy atom. The zero-order valence-corrected chi connectivity index (χ0v) is 17.8. The summed E-state index contributed by atoms with van der Waals surface area (Å²) in [5, 5.41) is 8.90. The highest BCUT2D eigenvalue weighted by atomic mass is 16.5. The van der Waals surface area contributed by atoms with Gasteiger partial charge in [-0.15, -0.1) is 0 Å². The summed E-state index contributed by atoms with van der Waals surface area (Å²) in [5.74, 6) is 0.429. The summed E-state index contributed by atoms with van der Waals surface area (Å²) < 4.78 is 10.7. The van der Waals surface area contributed by atoms with E-state index in [4.69, 9.17) is 15.2 Å². The van der Waals surface area contributed by atoms with E-state index in [-0.39, 0.29) is 12.5 Å². The number of anilines is 1. The number of ether oxygens (including phenoxy) is 2. The highest BCUT2D eigenvalue weighted by molar-refractivity contribution is 5.96. The van der Waals surface area contributed by atoms with Crippen LogP contribution in [0.5, 0.6) is 5.75 Å². The summed E-state index contributed by atoms with van der Waals surface area (Å²) in [7, 11) is 3.35. The van der Waals surface area contributed by atoms with Gasteiger partial charge in [0, 0.05) is 51.0 Å². The van der Waals surface area contributed by atoms with Crippen LogP contribution >= 0.6 is 0 Å². The van der Waals surface area contributed by atoms with Gasteiger partial charge in [-0.2, -0.15) is 0 Å². The Hall–Kier alpha value is -3.59. The molecule has 0 fully saturated rings. The van der Waals surface area contributed by atoms with E-state index in [1.54, 1.807) is 26.3 Å². The van der Waals surface area contributed by atoms with Gasteiger partial charge in [-0.05, 0) is 29.8 Å². The Morgan fingerprint density at radius 1 is 1.06 bits per heavy atom. The first-order chi connectivity index (χ1) is 15.0. The van der Waals surface area contributed by atoms with Crippen LogP contribution in [-0.2, 0) is 16.1 Å². The van der Waals surface area contributed by atoms with E-state index in [1.807, 2.05) is 36.4 Å². The third-order valence-corrected chi connectivity index (χ3v) is 4.18. The van der Waals surface area contributed by atoms with E-state index in [9.17, 15) is 9.59 Å². The predicted molar refractivity (Wildman–Crippen MR) is 120 cm³/mol. The van der Waals surface area contributed by atoms with Crippen LogP contribution in [0.1, 0.15) is 22.3 Å². The minimum Gasteiger partial charge on any atom is -0.493 e. The molecule has 0 bridgehead atoms. The van der Waals surface area contributed by atoms with Gasteiger partial charge in [0.25, 0.3) is 5.91 Å². The Kier molecular flexibility index (Phi) is 9.83. The average molecular weight is 428 g/mol. The van der Waals surface area contributed by atoms with Gasteiger partial charge in [0.1, 0.15) is 5.75 Å². The van der Waals surface area contributed by atoms with Crippen LogP contribution in [0.3, 0.4) is 0 Å². The molecule has 9 nitrogen and oxygen atoms in total. The van der Waals surface area contributed by atoms with Crippen LogP contribution in [0.25, 0.3) is 0 Å². The van der Waals surface area contributed by atoms with Gasteiger partial charge in [0.15, 0.2) is 5.96 Å². The number of rotatable bonds is 11. The van der Waals surface area contributed by atoms with Gasteiger partial charge >= 0.3 is 0 Å². The molecule has 0 aliphatic rings. The molecule has 2 rings (SSSR count). The second-order valence-corrected chi connectivity index (χ2v) is 6.62. The number of benzene rings is 2. The number of hydrogen-bond donors (Lipinski definition) is 4. The van der Waals surface area contributed by atoms with E-state index >= 15 is 0 Å². The van der Waals surface area contributed by atoms with E-state index in [2.05, 4.69) is 20.9 Å². The van der Waals surface area contributed by atoms with Gasteiger partial charge in [0.05, 0.1) is 13.2 Å². The fourth-order valence-corrected chi connectivity index (χ4v) is 2.60. The van der Waals surface area contributed by atoms with Crippen LogP contribution in [0.15, 0.2) is 53.5 Å². The molecule has 0 aliphatic carbocycles. The lowest BCUT2D eigenvalue weighted by Gasteiger charge is -2.13. The number of nitrogens with zero attached hydrogens (tertiary/aromatic N) is 1. The number of nitrogens with two attached hydrogens (primary N) is 1. The Morgan fingerprint density at radius 3 is 2.52 bits per heavy atom. The minimum absolute atomic E-state index is 0.191. The minimum atomic E-state index is -0.587. The SMILES string of the molecule is CN=C(NCc1ccc(C(=O)NCC(N)=O)cc1)Nc1cccc(OCCCOC)c1. The van der Waals surface area contributed by atoms with E-state index in [0.717, 1.165) is 23.4 Å². The molecule has 2 amide bonds. The normalized spacial score (nSPS) is 11.0. The summed E-state index contributed by atoms with van der Waals surface area (Å²) >= 11 is 0. The molecular weight excluding hydrogens is 398 g/mol. The number of amides is 2. The van der Waals surface area contributed by atoms with Crippen molar-refractivity contribution in [2.24, 2.45) is 10.7 Å². The predicted octanol–water partition coefficient (Wildman–Crippen LogP) is 1.50. The number of guanidine groups is 1. The number of aliphatic imine (C=N–C) groups is 1. The Labute approximate surface area is 182 Å². The van der Waals surface area contributed by atoms with Gasteiger partial charge in [0.2, 0.25) is 5.91 Å². The second kappa shape index (κ2) is 12.9. The molecule has 0 saturated carbocycles. The van der Waals surface area contributed by atoms with Crippen LogP contribution in [0.4, 0.5) is 5.69 Å². The molecule has 0 spiro atoms. The fraction of sp³-hybridized carbons (Fsp3) is 0.318. The molecule has 5 N–H and O–H groups in total. The zero-order chi connectivity index (χ0) is 22.5. The molecule has 0 radical (unpaired) electrons. The standard InChI is InChI=1S/C22H29N5O4/c1-24-22(27-18-5-3-6-19(13-18)31-12-4-11-30-2)26-14-16-7-9-17(10-8-16)21(29)25-15-20(23)28/h3,5-10,13H,4,11-12,14-15H2,1-2H3,(H2,23,28)(H,25,29)(H2,24,26,27). The van der Waals surface area contributed by atoms with Crippen LogP contribution in [-0.4, -0.2) is 51.7 Å². The molecule has 0 unspecified atom stereocenters. The first kappa shape index (κ1) is 23.7. The lowest BCUT2D eigenvalue weighted by atomic mass is 10.1. The molecule has 0 atom stereocenters. The molecule has 0 heterocycles. The van der Waals surface area contributed by atoms with Crippen molar-refractivity contribution in [3.63, 3.8) is 0 Å². The Bertz CT molecular complexity index is 884. The number of methoxy groups -OCH3 is 1. The number of carbonyl (C=O) groups excluding carboxylic acids is 2. The molecule has 0 aliphatic heterocycles. The van der Waals surface area contributed by atoms with Crippen LogP contribution < -0.4 is 26.4 Å². The third-order valence-electron chi connectivity index (χ3n) is 4.18. The smallest absolute Gasteiger partial charge is 0.251 e. The number of carbonyl (C=O) groups is 2. The molecule has 0 saturated heterocycles. The van der Waals surface area contributed by atoms with Crippen molar-refractivity contribution in [2.45, 2.75) is 13.0 Å². The lowest BCUT2D eigenvalue weighted by Crippen LogP contribution is -2.33. The summed E-state index contributed by atoms with van der Waals surface area (Å²) in [5.41, 5.74) is 7.29.